The van der Waals surface area contributed by atoms with Crippen molar-refractivity contribution in [2.45, 2.75) is 65.6 Å². The highest BCUT2D eigenvalue weighted by molar-refractivity contribution is 5.94. The molecule has 3 fully saturated rings. The van der Waals surface area contributed by atoms with Crippen molar-refractivity contribution in [3.8, 4) is 6.07 Å². The van der Waals surface area contributed by atoms with E-state index in [0.29, 0.717) is 19.5 Å². The van der Waals surface area contributed by atoms with Crippen LogP contribution in [0.15, 0.2) is 0 Å². The van der Waals surface area contributed by atoms with Gasteiger partial charge in [-0.15, -0.1) is 0 Å². The van der Waals surface area contributed by atoms with Gasteiger partial charge in [0.25, 0.3) is 0 Å². The highest BCUT2D eigenvalue weighted by Crippen LogP contribution is 2.65. The molecule has 34 heavy (non-hydrogen) atoms. The number of fused-ring (bicyclic) bond motifs is 1. The second-order valence-corrected chi connectivity index (χ2v) is 11.7. The standard InChI is InChI=1S/C24H38N6O4/c1-23(2,3)18(28-22(34)29(6)7)21(33)30-12-15-16(24(15,4)5)17(30)20(32)27-14(11-25)10-13-8-9-26-19(13)31/h13-18H,8-10,12H2,1-7H3,(H,26,31)(H,27,32)(H,28,34)/t13-,14-,15-,16-,17-,18+/m0/s1. The summed E-state index contributed by atoms with van der Waals surface area (Å²) in [7, 11) is 3.21. The van der Waals surface area contributed by atoms with E-state index in [1.165, 1.54) is 4.90 Å². The van der Waals surface area contributed by atoms with Crippen LogP contribution in [-0.2, 0) is 14.4 Å². The first-order chi connectivity index (χ1) is 15.7. The van der Waals surface area contributed by atoms with Gasteiger partial charge in [-0.2, -0.15) is 5.26 Å². The first-order valence-electron chi connectivity index (χ1n) is 12.0. The van der Waals surface area contributed by atoms with Crippen molar-refractivity contribution in [2.75, 3.05) is 27.2 Å². The van der Waals surface area contributed by atoms with E-state index in [4.69, 9.17) is 0 Å². The third-order valence-electron chi connectivity index (χ3n) is 7.70. The molecule has 10 nitrogen and oxygen atoms in total. The Hall–Kier alpha value is -2.83. The van der Waals surface area contributed by atoms with E-state index in [9.17, 15) is 24.4 Å². The van der Waals surface area contributed by atoms with Gasteiger partial charge in [0.2, 0.25) is 17.7 Å². The largest absolute Gasteiger partial charge is 0.356 e. The number of rotatable bonds is 6. The number of nitriles is 1. The third-order valence-corrected chi connectivity index (χ3v) is 7.70. The number of carbonyl (C=O) groups is 4. The molecule has 2 heterocycles. The summed E-state index contributed by atoms with van der Waals surface area (Å²) in [6, 6.07) is -0.619. The Morgan fingerprint density at radius 2 is 1.91 bits per heavy atom. The zero-order chi connectivity index (χ0) is 25.6. The maximum Gasteiger partial charge on any atom is 0.317 e. The zero-order valence-corrected chi connectivity index (χ0v) is 21.3. The molecule has 10 heteroatoms. The lowest BCUT2D eigenvalue weighted by Crippen LogP contribution is -2.60. The topological polar surface area (TPSA) is 135 Å². The summed E-state index contributed by atoms with van der Waals surface area (Å²) in [4.78, 5) is 54.4. The minimum atomic E-state index is -0.814. The number of amides is 5. The van der Waals surface area contributed by atoms with E-state index < -0.39 is 23.5 Å². The minimum absolute atomic E-state index is 0.0178. The van der Waals surface area contributed by atoms with Crippen molar-refractivity contribution in [2.24, 2.45) is 28.6 Å². The summed E-state index contributed by atoms with van der Waals surface area (Å²) in [6.07, 6.45) is 0.882. The van der Waals surface area contributed by atoms with Crippen LogP contribution >= 0.6 is 0 Å². The van der Waals surface area contributed by atoms with Gasteiger partial charge in [-0.05, 0) is 35.5 Å². The van der Waals surface area contributed by atoms with Gasteiger partial charge < -0.3 is 25.8 Å². The molecule has 3 rings (SSSR count). The van der Waals surface area contributed by atoms with Gasteiger partial charge in [-0.3, -0.25) is 14.4 Å². The zero-order valence-electron chi connectivity index (χ0n) is 21.3. The molecular formula is C24H38N6O4. The quantitative estimate of drug-likeness (QED) is 0.521. The predicted octanol–water partition coefficient (Wildman–Crippen LogP) is 0.690. The van der Waals surface area contributed by atoms with Crippen LogP contribution < -0.4 is 16.0 Å². The number of urea groups is 1. The molecule has 0 spiro atoms. The Labute approximate surface area is 201 Å². The number of nitrogens with zero attached hydrogens (tertiary/aromatic N) is 3. The Balaban J connectivity index is 1.79. The Morgan fingerprint density at radius 1 is 1.26 bits per heavy atom. The lowest BCUT2D eigenvalue weighted by atomic mass is 9.85. The van der Waals surface area contributed by atoms with Crippen molar-refractivity contribution < 1.29 is 19.2 Å². The van der Waals surface area contributed by atoms with E-state index in [0.717, 1.165) is 0 Å². The van der Waals surface area contributed by atoms with Crippen molar-refractivity contribution in [1.29, 1.82) is 5.26 Å². The van der Waals surface area contributed by atoms with Crippen LogP contribution in [0.1, 0.15) is 47.5 Å². The van der Waals surface area contributed by atoms with Gasteiger partial charge >= 0.3 is 6.03 Å². The first-order valence-corrected chi connectivity index (χ1v) is 12.0. The van der Waals surface area contributed by atoms with Crippen molar-refractivity contribution in [1.82, 2.24) is 25.8 Å². The summed E-state index contributed by atoms with van der Waals surface area (Å²) in [5.41, 5.74) is -0.659. The van der Waals surface area contributed by atoms with E-state index in [-0.39, 0.29) is 53.3 Å². The molecule has 0 bridgehead atoms. The molecule has 6 atom stereocenters. The molecule has 2 aliphatic heterocycles. The van der Waals surface area contributed by atoms with Gasteiger partial charge in [0.1, 0.15) is 18.1 Å². The Bertz CT molecular complexity index is 902. The first kappa shape index (κ1) is 25.8. The summed E-state index contributed by atoms with van der Waals surface area (Å²) in [5.74, 6) is -0.908. The van der Waals surface area contributed by atoms with Gasteiger partial charge in [-0.25, -0.2) is 4.79 Å². The fourth-order valence-corrected chi connectivity index (χ4v) is 5.44. The fourth-order valence-electron chi connectivity index (χ4n) is 5.44. The number of likely N-dealkylation sites (tertiary alicyclic amines) is 1. The van der Waals surface area contributed by atoms with Crippen molar-refractivity contribution >= 4 is 23.8 Å². The van der Waals surface area contributed by atoms with Crippen molar-refractivity contribution in [3.05, 3.63) is 0 Å². The molecule has 0 aromatic carbocycles. The second-order valence-electron chi connectivity index (χ2n) is 11.7. The number of hydrogen-bond donors (Lipinski definition) is 3. The molecule has 0 aromatic rings. The van der Waals surface area contributed by atoms with Gasteiger partial charge in [0.05, 0.1) is 6.07 Å². The molecule has 5 amide bonds. The summed E-state index contributed by atoms with van der Waals surface area (Å²) < 4.78 is 0. The van der Waals surface area contributed by atoms with Gasteiger partial charge in [-0.1, -0.05) is 34.6 Å². The van der Waals surface area contributed by atoms with E-state index >= 15 is 0 Å². The average molecular weight is 475 g/mol. The van der Waals surface area contributed by atoms with Gasteiger partial charge in [0, 0.05) is 33.1 Å². The maximum absolute atomic E-state index is 13.7. The molecular weight excluding hydrogens is 436 g/mol. The van der Waals surface area contributed by atoms with Crippen LogP contribution in [0.4, 0.5) is 4.79 Å². The SMILES string of the molecule is CN(C)C(=O)N[C@H](C(=O)N1C[C@H]2[C@@H]([C@H]1C(=O)N[C@H](C#N)C[C@@H]1CCNC1=O)C2(C)C)C(C)(C)C. The maximum atomic E-state index is 13.7. The lowest BCUT2D eigenvalue weighted by Gasteiger charge is -2.38. The predicted molar refractivity (Wildman–Crippen MR) is 125 cm³/mol. The van der Waals surface area contributed by atoms with E-state index in [1.807, 2.05) is 20.8 Å². The molecule has 3 N–H and O–H groups in total. The van der Waals surface area contributed by atoms with Crippen LogP contribution in [0, 0.1) is 39.9 Å². The smallest absolute Gasteiger partial charge is 0.317 e. The number of piperidine rings is 1. The Kier molecular flexibility index (Phi) is 6.89. The van der Waals surface area contributed by atoms with E-state index in [1.54, 1.807) is 19.0 Å². The van der Waals surface area contributed by atoms with Gasteiger partial charge in [0.15, 0.2) is 0 Å². The fraction of sp³-hybridized carbons (Fsp3) is 0.792. The number of carbonyl (C=O) groups excluding carboxylic acids is 4. The minimum Gasteiger partial charge on any atom is -0.356 e. The monoisotopic (exact) mass is 474 g/mol. The highest BCUT2D eigenvalue weighted by Gasteiger charge is 2.69. The molecule has 0 radical (unpaired) electrons. The molecule has 1 aliphatic carbocycles. The molecule has 0 unspecified atom stereocenters. The summed E-state index contributed by atoms with van der Waals surface area (Å²) in [5, 5.41) is 18.0. The Morgan fingerprint density at radius 3 is 2.41 bits per heavy atom. The molecule has 188 valence electrons. The number of nitrogens with one attached hydrogen (secondary N) is 3. The van der Waals surface area contributed by atoms with Crippen LogP contribution in [0.2, 0.25) is 0 Å². The summed E-state index contributed by atoms with van der Waals surface area (Å²) >= 11 is 0. The van der Waals surface area contributed by atoms with Crippen molar-refractivity contribution in [3.63, 3.8) is 0 Å². The second kappa shape index (κ2) is 9.08. The highest BCUT2D eigenvalue weighted by atomic mass is 16.2. The molecule has 0 aromatic heterocycles. The van der Waals surface area contributed by atoms with Crippen LogP contribution in [-0.4, -0.2) is 78.9 Å². The van der Waals surface area contributed by atoms with Crippen LogP contribution in [0.5, 0.6) is 0 Å². The normalized spacial score (nSPS) is 28.8. The lowest BCUT2D eigenvalue weighted by molar-refractivity contribution is -0.143. The molecule has 2 saturated heterocycles. The van der Waals surface area contributed by atoms with E-state index in [2.05, 4.69) is 35.9 Å². The van der Waals surface area contributed by atoms with Crippen LogP contribution in [0.3, 0.4) is 0 Å². The third kappa shape index (κ3) is 4.84. The number of hydrogen-bond acceptors (Lipinski definition) is 5. The summed E-state index contributed by atoms with van der Waals surface area (Å²) in [6.45, 7) is 10.8. The van der Waals surface area contributed by atoms with Crippen LogP contribution in [0.25, 0.3) is 0 Å². The molecule has 1 saturated carbocycles. The molecule has 3 aliphatic rings. The average Bonchev–Trinajstić information content (AvgIpc) is 3.10.